The highest BCUT2D eigenvalue weighted by Crippen LogP contribution is 2.41. The van der Waals surface area contributed by atoms with Crippen LogP contribution in [0.15, 0.2) is 66.2 Å². The molecule has 4 amide bonds. The van der Waals surface area contributed by atoms with E-state index >= 15 is 0 Å². The summed E-state index contributed by atoms with van der Waals surface area (Å²) in [5.74, 6) is -1.08. The van der Waals surface area contributed by atoms with Crippen LogP contribution in [0.2, 0.25) is 0 Å². The summed E-state index contributed by atoms with van der Waals surface area (Å²) in [5.41, 5.74) is -0.326. The maximum absolute atomic E-state index is 13.9. The topological polar surface area (TPSA) is 82.6 Å². The Kier molecular flexibility index (Phi) is 6.34. The SMILES string of the molecule is O=C(c1ccc(F)cc1)N1CCC(C2(c3ccccn3)NC(=O)N(CCc3cccs3)C2=O)CC1. The van der Waals surface area contributed by atoms with Crippen LogP contribution in [0.4, 0.5) is 9.18 Å². The third-order valence-corrected chi connectivity index (χ3v) is 7.78. The highest BCUT2D eigenvalue weighted by atomic mass is 32.1. The van der Waals surface area contributed by atoms with Gasteiger partial charge in [0.05, 0.1) is 5.69 Å². The van der Waals surface area contributed by atoms with Crippen LogP contribution in [-0.2, 0) is 16.8 Å². The molecule has 1 N–H and O–H groups in total. The molecule has 0 bridgehead atoms. The minimum absolute atomic E-state index is 0.172. The fourth-order valence-corrected chi connectivity index (χ4v) is 5.72. The average Bonchev–Trinajstić information content (AvgIpc) is 3.50. The number of nitrogens with one attached hydrogen (secondary N) is 1. The fourth-order valence-electron chi connectivity index (χ4n) is 5.02. The van der Waals surface area contributed by atoms with Crippen LogP contribution < -0.4 is 5.32 Å². The lowest BCUT2D eigenvalue weighted by atomic mass is 9.75. The van der Waals surface area contributed by atoms with E-state index in [-0.39, 0.29) is 17.7 Å². The van der Waals surface area contributed by atoms with E-state index in [1.807, 2.05) is 23.6 Å². The van der Waals surface area contributed by atoms with Gasteiger partial charge in [-0.25, -0.2) is 9.18 Å². The molecular weight excluding hydrogens is 467 g/mol. The number of urea groups is 1. The second-order valence-electron chi connectivity index (χ2n) is 8.81. The first kappa shape index (κ1) is 23.2. The first-order valence-electron chi connectivity index (χ1n) is 11.6. The molecule has 1 atom stereocenters. The van der Waals surface area contributed by atoms with Crippen LogP contribution >= 0.6 is 11.3 Å². The van der Waals surface area contributed by atoms with Crippen molar-refractivity contribution in [3.05, 3.63) is 88.1 Å². The predicted octanol–water partition coefficient (Wildman–Crippen LogP) is 3.82. The minimum atomic E-state index is -1.27. The third-order valence-electron chi connectivity index (χ3n) is 6.85. The lowest BCUT2D eigenvalue weighted by Gasteiger charge is -2.40. The molecule has 2 aromatic heterocycles. The van der Waals surface area contributed by atoms with Crippen molar-refractivity contribution < 1.29 is 18.8 Å². The van der Waals surface area contributed by atoms with Crippen LogP contribution in [0.3, 0.4) is 0 Å². The van der Waals surface area contributed by atoms with Gasteiger partial charge < -0.3 is 10.2 Å². The number of likely N-dealkylation sites (tertiary alicyclic amines) is 1. The summed E-state index contributed by atoms with van der Waals surface area (Å²) in [5, 5.41) is 4.97. The molecule has 9 heteroatoms. The number of nitrogens with zero attached hydrogens (tertiary/aromatic N) is 3. The molecule has 35 heavy (non-hydrogen) atoms. The Morgan fingerprint density at radius 2 is 1.86 bits per heavy atom. The number of imide groups is 1. The summed E-state index contributed by atoms with van der Waals surface area (Å²) < 4.78 is 13.3. The Morgan fingerprint density at radius 1 is 1.09 bits per heavy atom. The molecule has 2 aliphatic rings. The number of amides is 4. The van der Waals surface area contributed by atoms with Crippen LogP contribution in [0.5, 0.6) is 0 Å². The summed E-state index contributed by atoms with van der Waals surface area (Å²) in [6.07, 6.45) is 3.26. The molecule has 2 saturated heterocycles. The quantitative estimate of drug-likeness (QED) is 0.531. The van der Waals surface area contributed by atoms with Crippen LogP contribution in [0, 0.1) is 11.7 Å². The summed E-state index contributed by atoms with van der Waals surface area (Å²) in [6, 6.07) is 14.4. The second-order valence-corrected chi connectivity index (χ2v) is 9.84. The van der Waals surface area contributed by atoms with Crippen molar-refractivity contribution in [2.24, 2.45) is 5.92 Å². The van der Waals surface area contributed by atoms with E-state index in [2.05, 4.69) is 10.3 Å². The first-order valence-corrected chi connectivity index (χ1v) is 12.5. The molecule has 0 radical (unpaired) electrons. The van der Waals surface area contributed by atoms with Gasteiger partial charge in [0.1, 0.15) is 5.82 Å². The van der Waals surface area contributed by atoms with Gasteiger partial charge in [-0.3, -0.25) is 19.5 Å². The molecule has 2 aliphatic heterocycles. The Hall–Kier alpha value is -3.59. The number of pyridine rings is 1. The monoisotopic (exact) mass is 492 g/mol. The highest BCUT2D eigenvalue weighted by Gasteiger charge is 2.58. The largest absolute Gasteiger partial charge is 0.339 e. The van der Waals surface area contributed by atoms with Gasteiger partial charge in [-0.15, -0.1) is 11.3 Å². The number of aromatic nitrogens is 1. The molecule has 0 aliphatic carbocycles. The molecule has 1 aromatic carbocycles. The third kappa shape index (κ3) is 4.32. The van der Waals surface area contributed by atoms with Gasteiger partial charge in [-0.2, -0.15) is 0 Å². The maximum atomic E-state index is 13.9. The van der Waals surface area contributed by atoms with Gasteiger partial charge >= 0.3 is 6.03 Å². The number of halogens is 1. The summed E-state index contributed by atoms with van der Waals surface area (Å²) in [4.78, 5) is 48.4. The number of carbonyl (C=O) groups is 3. The van der Waals surface area contributed by atoms with Crippen molar-refractivity contribution in [3.63, 3.8) is 0 Å². The lowest BCUT2D eigenvalue weighted by Crippen LogP contribution is -2.54. The number of hydrogen-bond donors (Lipinski definition) is 1. The van der Waals surface area contributed by atoms with Gasteiger partial charge in [-0.1, -0.05) is 12.1 Å². The van der Waals surface area contributed by atoms with Gasteiger partial charge in [0.2, 0.25) is 0 Å². The van der Waals surface area contributed by atoms with Gasteiger partial charge in [-0.05, 0) is 67.1 Å². The molecule has 4 heterocycles. The smallest absolute Gasteiger partial charge is 0.325 e. The normalized spacial score (nSPS) is 20.8. The Morgan fingerprint density at radius 3 is 2.51 bits per heavy atom. The van der Waals surface area contributed by atoms with Gasteiger partial charge in [0, 0.05) is 42.2 Å². The van der Waals surface area contributed by atoms with E-state index < -0.39 is 17.4 Å². The molecule has 0 spiro atoms. The van der Waals surface area contributed by atoms with E-state index in [4.69, 9.17) is 0 Å². The van der Waals surface area contributed by atoms with Crippen molar-refractivity contribution in [1.82, 2.24) is 20.1 Å². The Balaban J connectivity index is 1.36. The molecular formula is C26H25FN4O3S. The zero-order valence-corrected chi connectivity index (χ0v) is 19.8. The number of carbonyl (C=O) groups excluding carboxylic acids is 3. The highest BCUT2D eigenvalue weighted by molar-refractivity contribution is 7.09. The van der Waals surface area contributed by atoms with Crippen molar-refractivity contribution in [3.8, 4) is 0 Å². The van der Waals surface area contributed by atoms with Crippen molar-refractivity contribution >= 4 is 29.2 Å². The maximum Gasteiger partial charge on any atom is 0.325 e. The molecule has 7 nitrogen and oxygen atoms in total. The number of piperidine rings is 1. The van der Waals surface area contributed by atoms with Crippen LogP contribution in [0.1, 0.15) is 33.8 Å². The van der Waals surface area contributed by atoms with Crippen LogP contribution in [0.25, 0.3) is 0 Å². The predicted molar refractivity (Wildman–Crippen MR) is 129 cm³/mol. The van der Waals surface area contributed by atoms with E-state index in [0.29, 0.717) is 50.2 Å². The van der Waals surface area contributed by atoms with E-state index in [0.717, 1.165) is 4.88 Å². The zero-order valence-electron chi connectivity index (χ0n) is 19.0. The zero-order chi connectivity index (χ0) is 24.4. The summed E-state index contributed by atoms with van der Waals surface area (Å²) in [6.45, 7) is 1.14. The van der Waals surface area contributed by atoms with Crippen molar-refractivity contribution in [2.45, 2.75) is 24.8 Å². The molecule has 180 valence electrons. The number of rotatable bonds is 6. The second kappa shape index (κ2) is 9.58. The van der Waals surface area contributed by atoms with E-state index in [9.17, 15) is 18.8 Å². The molecule has 3 aromatic rings. The molecule has 1 unspecified atom stereocenters. The molecule has 2 fully saturated rings. The standard InChI is InChI=1S/C26H25FN4O3S/c27-20-8-6-18(7-9-20)23(32)30-14-10-19(11-15-30)26(22-5-1-2-13-28-22)24(33)31(25(34)29-26)16-12-21-4-3-17-35-21/h1-9,13,17,19H,10-12,14-16H2,(H,29,34). The van der Waals surface area contributed by atoms with Crippen molar-refractivity contribution in [2.75, 3.05) is 19.6 Å². The van der Waals surface area contributed by atoms with Crippen molar-refractivity contribution in [1.29, 1.82) is 0 Å². The van der Waals surface area contributed by atoms with E-state index in [1.165, 1.54) is 29.2 Å². The molecule has 0 saturated carbocycles. The summed E-state index contributed by atoms with van der Waals surface area (Å²) in [7, 11) is 0. The Labute approximate surface area is 206 Å². The fraction of sp³-hybridized carbons (Fsp3) is 0.308. The van der Waals surface area contributed by atoms with Gasteiger partial charge in [0.15, 0.2) is 5.54 Å². The summed E-state index contributed by atoms with van der Waals surface area (Å²) >= 11 is 1.59. The number of hydrogen-bond acceptors (Lipinski definition) is 5. The Bertz CT molecular complexity index is 1210. The van der Waals surface area contributed by atoms with Crippen LogP contribution in [-0.4, -0.2) is 52.3 Å². The number of thiophene rings is 1. The lowest BCUT2D eigenvalue weighted by molar-refractivity contribution is -0.134. The minimum Gasteiger partial charge on any atom is -0.339 e. The van der Waals surface area contributed by atoms with Gasteiger partial charge in [0.25, 0.3) is 11.8 Å². The molecule has 5 rings (SSSR count). The number of benzene rings is 1. The van der Waals surface area contributed by atoms with E-state index in [1.54, 1.807) is 34.6 Å². The average molecular weight is 493 g/mol. The first-order chi connectivity index (χ1) is 17.0.